The Balaban J connectivity index is 1.75. The Morgan fingerprint density at radius 1 is 1.03 bits per heavy atom. The standard InChI is InChI=1S/C28H28N4O5/c1-17-18(2)32(35)25(31(17)16-19-11-7-5-8-12-19)22(23-26(33)36-28(3,4)37-27(23)34)21-15-29-30-24(21)20-13-9-6-10-14-20/h5-15,22-23H,16H2,1-4H3,(H,29,30)/t22-/m0/s1. The summed E-state index contributed by atoms with van der Waals surface area (Å²) in [7, 11) is 0. The highest BCUT2D eigenvalue weighted by Gasteiger charge is 2.52. The van der Waals surface area contributed by atoms with Gasteiger partial charge < -0.3 is 14.7 Å². The Morgan fingerprint density at radius 2 is 1.62 bits per heavy atom. The maximum Gasteiger partial charge on any atom is 0.324 e. The van der Waals surface area contributed by atoms with Crippen molar-refractivity contribution >= 4 is 11.9 Å². The summed E-state index contributed by atoms with van der Waals surface area (Å²) in [6.45, 7) is 6.94. The number of hydrogen-bond acceptors (Lipinski definition) is 6. The molecule has 2 aromatic carbocycles. The Morgan fingerprint density at radius 3 is 2.24 bits per heavy atom. The number of H-pyrrole nitrogens is 1. The molecule has 1 fully saturated rings. The molecule has 37 heavy (non-hydrogen) atoms. The lowest BCUT2D eigenvalue weighted by Gasteiger charge is -2.35. The van der Waals surface area contributed by atoms with E-state index in [0.29, 0.717) is 23.5 Å². The van der Waals surface area contributed by atoms with Gasteiger partial charge in [0.15, 0.2) is 5.92 Å². The van der Waals surface area contributed by atoms with Gasteiger partial charge in [0, 0.05) is 33.3 Å². The number of aromatic nitrogens is 4. The third-order valence-corrected chi connectivity index (χ3v) is 6.78. The van der Waals surface area contributed by atoms with Gasteiger partial charge in [0.1, 0.15) is 23.9 Å². The molecule has 0 aliphatic carbocycles. The van der Waals surface area contributed by atoms with Crippen LogP contribution in [0.15, 0.2) is 66.9 Å². The van der Waals surface area contributed by atoms with Crippen LogP contribution in [0.5, 0.6) is 0 Å². The van der Waals surface area contributed by atoms with E-state index in [-0.39, 0.29) is 5.82 Å². The number of nitrogens with zero attached hydrogens (tertiary/aromatic N) is 3. The first-order valence-electron chi connectivity index (χ1n) is 12.1. The number of ether oxygens (including phenoxy) is 2. The number of imidazole rings is 1. The summed E-state index contributed by atoms with van der Waals surface area (Å²) in [6, 6.07) is 19.1. The fourth-order valence-corrected chi connectivity index (χ4v) is 4.89. The van der Waals surface area contributed by atoms with Crippen LogP contribution < -0.4 is 4.73 Å². The van der Waals surface area contributed by atoms with Crippen LogP contribution in [0, 0.1) is 25.0 Å². The average molecular weight is 501 g/mol. The second kappa shape index (κ2) is 9.24. The quantitative estimate of drug-likeness (QED) is 0.187. The summed E-state index contributed by atoms with van der Waals surface area (Å²) in [5.41, 5.74) is 4.07. The molecule has 0 saturated carbocycles. The van der Waals surface area contributed by atoms with Crippen LogP contribution in [-0.2, 0) is 25.6 Å². The van der Waals surface area contributed by atoms with Crippen molar-refractivity contribution in [3.8, 4) is 11.3 Å². The zero-order valence-corrected chi connectivity index (χ0v) is 21.1. The predicted octanol–water partition coefficient (Wildman–Crippen LogP) is 3.76. The number of rotatable bonds is 6. The molecule has 2 aromatic heterocycles. The molecular weight excluding hydrogens is 472 g/mol. The molecule has 0 radical (unpaired) electrons. The van der Waals surface area contributed by atoms with E-state index in [4.69, 9.17) is 9.47 Å². The van der Waals surface area contributed by atoms with E-state index < -0.39 is 29.6 Å². The topological polar surface area (TPSA) is 113 Å². The molecule has 0 spiro atoms. The average Bonchev–Trinajstić information content (AvgIpc) is 3.42. The lowest BCUT2D eigenvalue weighted by molar-refractivity contribution is -0.621. The summed E-state index contributed by atoms with van der Waals surface area (Å²) >= 11 is 0. The SMILES string of the molecule is Cc1c(C)[n+]([O-])c([C@@H](c2cn[nH]c2-c2ccccc2)C2C(=O)OC(C)(C)OC2=O)n1Cc1ccccc1. The number of benzene rings is 2. The van der Waals surface area contributed by atoms with E-state index in [1.807, 2.05) is 72.2 Å². The van der Waals surface area contributed by atoms with E-state index >= 15 is 0 Å². The Hall–Kier alpha value is -4.40. The molecule has 1 N–H and O–H groups in total. The molecule has 1 aliphatic heterocycles. The summed E-state index contributed by atoms with van der Waals surface area (Å²) < 4.78 is 13.7. The molecule has 4 aromatic rings. The zero-order chi connectivity index (χ0) is 26.3. The van der Waals surface area contributed by atoms with Gasteiger partial charge in [0.2, 0.25) is 0 Å². The van der Waals surface area contributed by atoms with Crippen LogP contribution in [0.4, 0.5) is 0 Å². The van der Waals surface area contributed by atoms with Crippen molar-refractivity contribution in [1.29, 1.82) is 0 Å². The van der Waals surface area contributed by atoms with Crippen molar-refractivity contribution in [2.24, 2.45) is 5.92 Å². The van der Waals surface area contributed by atoms with Crippen molar-refractivity contribution in [3.05, 3.63) is 100 Å². The Labute approximate surface area is 214 Å². The number of hydrogen-bond donors (Lipinski definition) is 1. The van der Waals surface area contributed by atoms with Crippen LogP contribution in [0.3, 0.4) is 0 Å². The minimum Gasteiger partial charge on any atom is -0.711 e. The lowest BCUT2D eigenvalue weighted by atomic mass is 9.83. The van der Waals surface area contributed by atoms with Gasteiger partial charge in [-0.25, -0.2) is 9.30 Å². The van der Waals surface area contributed by atoms with Crippen molar-refractivity contribution in [1.82, 2.24) is 14.8 Å². The van der Waals surface area contributed by atoms with Gasteiger partial charge in [0.05, 0.1) is 11.9 Å². The Kier molecular flexibility index (Phi) is 6.07. The maximum atomic E-state index is 13.7. The van der Waals surface area contributed by atoms with Gasteiger partial charge in [-0.2, -0.15) is 5.10 Å². The van der Waals surface area contributed by atoms with Crippen LogP contribution in [0.2, 0.25) is 0 Å². The number of aromatic amines is 1. The lowest BCUT2D eigenvalue weighted by Crippen LogP contribution is -2.50. The normalized spacial score (nSPS) is 16.3. The first-order chi connectivity index (χ1) is 17.7. The highest BCUT2D eigenvalue weighted by atomic mass is 16.7. The third-order valence-electron chi connectivity index (χ3n) is 6.78. The van der Waals surface area contributed by atoms with Gasteiger partial charge in [-0.1, -0.05) is 60.7 Å². The van der Waals surface area contributed by atoms with E-state index in [2.05, 4.69) is 10.2 Å². The fourth-order valence-electron chi connectivity index (χ4n) is 4.89. The van der Waals surface area contributed by atoms with E-state index in [0.717, 1.165) is 21.6 Å². The number of carbonyl (C=O) groups excluding carboxylic acids is 2. The third kappa shape index (κ3) is 4.37. The number of cyclic esters (lactones) is 2. The molecule has 0 unspecified atom stereocenters. The number of carbonyl (C=O) groups is 2. The summed E-state index contributed by atoms with van der Waals surface area (Å²) in [6.07, 6.45) is 1.55. The highest BCUT2D eigenvalue weighted by Crippen LogP contribution is 2.41. The Bertz CT molecular complexity index is 1440. The second-order valence-corrected chi connectivity index (χ2v) is 9.66. The molecule has 9 heteroatoms. The van der Waals surface area contributed by atoms with Crippen molar-refractivity contribution < 1.29 is 23.8 Å². The van der Waals surface area contributed by atoms with Crippen molar-refractivity contribution in [2.45, 2.75) is 45.9 Å². The number of nitrogens with one attached hydrogen (secondary N) is 1. The van der Waals surface area contributed by atoms with Crippen LogP contribution in [-0.4, -0.2) is 32.5 Å². The summed E-state index contributed by atoms with van der Waals surface area (Å²) in [4.78, 5) is 26.8. The number of esters is 2. The molecule has 0 amide bonds. The fraction of sp³-hybridized carbons (Fsp3) is 0.286. The summed E-state index contributed by atoms with van der Waals surface area (Å²) in [5.74, 6) is -5.12. The monoisotopic (exact) mass is 500 g/mol. The molecule has 3 heterocycles. The minimum absolute atomic E-state index is 0.232. The molecule has 1 atom stereocenters. The highest BCUT2D eigenvalue weighted by molar-refractivity contribution is 5.98. The first-order valence-corrected chi connectivity index (χ1v) is 12.1. The molecule has 1 saturated heterocycles. The zero-order valence-electron chi connectivity index (χ0n) is 21.1. The van der Waals surface area contributed by atoms with Gasteiger partial charge in [-0.05, 0) is 11.1 Å². The van der Waals surface area contributed by atoms with Gasteiger partial charge in [-0.3, -0.25) is 14.7 Å². The minimum atomic E-state index is -1.41. The van der Waals surface area contributed by atoms with Crippen LogP contribution in [0.25, 0.3) is 11.3 Å². The first kappa shape index (κ1) is 24.3. The van der Waals surface area contributed by atoms with E-state index in [1.54, 1.807) is 13.1 Å². The van der Waals surface area contributed by atoms with Crippen molar-refractivity contribution in [2.75, 3.05) is 0 Å². The van der Waals surface area contributed by atoms with Crippen molar-refractivity contribution in [3.63, 3.8) is 0 Å². The largest absolute Gasteiger partial charge is 0.711 e. The van der Waals surface area contributed by atoms with Gasteiger partial charge in [-0.15, -0.1) is 0 Å². The smallest absolute Gasteiger partial charge is 0.324 e. The van der Waals surface area contributed by atoms with Crippen LogP contribution in [0.1, 0.15) is 48.1 Å². The molecule has 5 rings (SSSR count). The summed E-state index contributed by atoms with van der Waals surface area (Å²) in [5, 5.41) is 21.0. The van der Waals surface area contributed by atoms with Gasteiger partial charge >= 0.3 is 11.9 Å². The molecule has 1 aliphatic rings. The molecule has 0 bridgehead atoms. The predicted molar refractivity (Wildman–Crippen MR) is 134 cm³/mol. The second-order valence-electron chi connectivity index (χ2n) is 9.66. The molecule has 190 valence electrons. The van der Waals surface area contributed by atoms with E-state index in [9.17, 15) is 14.8 Å². The molecule has 9 nitrogen and oxygen atoms in total. The molecular formula is C28H28N4O5. The van der Waals surface area contributed by atoms with E-state index in [1.165, 1.54) is 13.8 Å². The van der Waals surface area contributed by atoms with Gasteiger partial charge in [0.25, 0.3) is 11.6 Å². The van der Waals surface area contributed by atoms with Crippen LogP contribution >= 0.6 is 0 Å². The maximum absolute atomic E-state index is 13.7.